The molecular formula is C22H18FNOS. The van der Waals surface area contributed by atoms with Gasteiger partial charge in [0.2, 0.25) is 5.91 Å². The Morgan fingerprint density at radius 1 is 0.923 bits per heavy atom. The summed E-state index contributed by atoms with van der Waals surface area (Å²) in [5, 5.41) is 0.0862. The van der Waals surface area contributed by atoms with E-state index in [2.05, 4.69) is 18.2 Å². The van der Waals surface area contributed by atoms with Crippen LogP contribution in [0.4, 0.5) is 10.1 Å². The zero-order chi connectivity index (χ0) is 17.9. The third kappa shape index (κ3) is 3.51. The molecular weight excluding hydrogens is 345 g/mol. The van der Waals surface area contributed by atoms with Gasteiger partial charge in [0, 0.05) is 16.6 Å². The van der Waals surface area contributed by atoms with Crippen molar-refractivity contribution in [1.29, 1.82) is 0 Å². The van der Waals surface area contributed by atoms with Crippen LogP contribution in [0.15, 0.2) is 83.8 Å². The van der Waals surface area contributed by atoms with Gasteiger partial charge in [-0.3, -0.25) is 4.79 Å². The number of fused-ring (bicyclic) bond motifs is 1. The predicted octanol–water partition coefficient (Wildman–Crippen LogP) is 5.60. The molecule has 1 amide bonds. The van der Waals surface area contributed by atoms with Crippen molar-refractivity contribution in [2.75, 3.05) is 4.90 Å². The standard InChI is InChI=1S/C22H18FNOS/c23-18-12-10-16(11-13-18)15-24-19-8-4-5-9-20(19)26-21(14-22(24)25)17-6-2-1-3-7-17/h1-13,21H,14-15H2/t21-/m0/s1. The molecule has 1 aliphatic heterocycles. The molecule has 1 aliphatic rings. The Kier molecular flexibility index (Phi) is 4.76. The Morgan fingerprint density at radius 2 is 1.62 bits per heavy atom. The Labute approximate surface area is 156 Å². The van der Waals surface area contributed by atoms with Gasteiger partial charge in [-0.15, -0.1) is 11.8 Å². The second-order valence-corrected chi connectivity index (χ2v) is 7.54. The lowest BCUT2D eigenvalue weighted by Crippen LogP contribution is -2.30. The summed E-state index contributed by atoms with van der Waals surface area (Å²) in [6.07, 6.45) is 0.435. The topological polar surface area (TPSA) is 20.3 Å². The van der Waals surface area contributed by atoms with E-state index >= 15 is 0 Å². The summed E-state index contributed by atoms with van der Waals surface area (Å²) in [4.78, 5) is 16.0. The van der Waals surface area contributed by atoms with Gasteiger partial charge >= 0.3 is 0 Å². The first kappa shape index (κ1) is 16.9. The zero-order valence-electron chi connectivity index (χ0n) is 14.1. The highest BCUT2D eigenvalue weighted by Gasteiger charge is 2.29. The maximum atomic E-state index is 13.2. The van der Waals surface area contributed by atoms with Crippen LogP contribution in [0.1, 0.15) is 22.8 Å². The van der Waals surface area contributed by atoms with Crippen molar-refractivity contribution in [1.82, 2.24) is 0 Å². The van der Waals surface area contributed by atoms with Crippen LogP contribution in [0.3, 0.4) is 0 Å². The van der Waals surface area contributed by atoms with E-state index in [0.717, 1.165) is 21.7 Å². The van der Waals surface area contributed by atoms with Crippen LogP contribution in [-0.4, -0.2) is 5.91 Å². The van der Waals surface area contributed by atoms with Gasteiger partial charge in [-0.1, -0.05) is 54.6 Å². The van der Waals surface area contributed by atoms with Crippen LogP contribution in [-0.2, 0) is 11.3 Å². The third-order valence-corrected chi connectivity index (χ3v) is 5.83. The molecule has 2 nitrogen and oxygen atoms in total. The number of nitrogens with zero attached hydrogens (tertiary/aromatic N) is 1. The first-order valence-corrected chi connectivity index (χ1v) is 9.44. The molecule has 0 N–H and O–H groups in total. The Balaban J connectivity index is 1.69. The lowest BCUT2D eigenvalue weighted by Gasteiger charge is -2.22. The van der Waals surface area contributed by atoms with Crippen molar-refractivity contribution in [3.8, 4) is 0 Å². The van der Waals surface area contributed by atoms with Crippen LogP contribution in [0.5, 0.6) is 0 Å². The second kappa shape index (κ2) is 7.34. The molecule has 130 valence electrons. The van der Waals surface area contributed by atoms with Crippen molar-refractivity contribution in [3.63, 3.8) is 0 Å². The summed E-state index contributed by atoms with van der Waals surface area (Å²) in [7, 11) is 0. The van der Waals surface area contributed by atoms with Gasteiger partial charge in [0.25, 0.3) is 0 Å². The molecule has 0 fully saturated rings. The van der Waals surface area contributed by atoms with Gasteiger partial charge in [-0.25, -0.2) is 4.39 Å². The number of carbonyl (C=O) groups is 1. The SMILES string of the molecule is O=C1C[C@@H](c2ccccc2)Sc2ccccc2N1Cc1ccc(F)cc1. The number of anilines is 1. The number of amides is 1. The number of halogens is 1. The smallest absolute Gasteiger partial charge is 0.228 e. The molecule has 0 saturated carbocycles. The summed E-state index contributed by atoms with van der Waals surface area (Å²) in [5.41, 5.74) is 2.99. The number of para-hydroxylation sites is 1. The fourth-order valence-electron chi connectivity index (χ4n) is 3.18. The van der Waals surface area contributed by atoms with E-state index in [1.165, 1.54) is 12.1 Å². The Morgan fingerprint density at radius 3 is 2.38 bits per heavy atom. The molecule has 26 heavy (non-hydrogen) atoms. The van der Waals surface area contributed by atoms with E-state index in [4.69, 9.17) is 0 Å². The van der Waals surface area contributed by atoms with E-state index in [-0.39, 0.29) is 17.0 Å². The minimum atomic E-state index is -0.268. The fourth-order valence-corrected chi connectivity index (χ4v) is 4.46. The minimum Gasteiger partial charge on any atom is -0.307 e. The number of carbonyl (C=O) groups excluding carboxylic acids is 1. The highest BCUT2D eigenvalue weighted by molar-refractivity contribution is 7.99. The molecule has 0 spiro atoms. The van der Waals surface area contributed by atoms with Crippen molar-refractivity contribution >= 4 is 23.4 Å². The molecule has 3 aromatic rings. The minimum absolute atomic E-state index is 0.0839. The normalized spacial score (nSPS) is 16.9. The van der Waals surface area contributed by atoms with Crippen LogP contribution in [0, 0.1) is 5.82 Å². The van der Waals surface area contributed by atoms with E-state index in [9.17, 15) is 9.18 Å². The third-order valence-electron chi connectivity index (χ3n) is 4.51. The summed E-state index contributed by atoms with van der Waals surface area (Å²) < 4.78 is 13.2. The monoisotopic (exact) mass is 363 g/mol. The van der Waals surface area contributed by atoms with Crippen molar-refractivity contribution in [3.05, 3.63) is 95.8 Å². The summed E-state index contributed by atoms with van der Waals surface area (Å²) >= 11 is 1.73. The highest BCUT2D eigenvalue weighted by atomic mass is 32.2. The number of benzene rings is 3. The summed E-state index contributed by atoms with van der Waals surface area (Å²) in [6, 6.07) is 24.5. The lowest BCUT2D eigenvalue weighted by molar-refractivity contribution is -0.118. The van der Waals surface area contributed by atoms with Crippen LogP contribution in [0.2, 0.25) is 0 Å². The molecule has 0 radical (unpaired) electrons. The molecule has 0 unspecified atom stereocenters. The summed E-state index contributed by atoms with van der Waals surface area (Å²) in [6.45, 7) is 0.443. The first-order chi connectivity index (χ1) is 12.7. The molecule has 3 aromatic carbocycles. The van der Waals surface area contributed by atoms with E-state index < -0.39 is 0 Å². The number of hydrogen-bond acceptors (Lipinski definition) is 2. The van der Waals surface area contributed by atoms with Crippen LogP contribution >= 0.6 is 11.8 Å². The molecule has 0 saturated heterocycles. The van der Waals surface area contributed by atoms with Crippen molar-refractivity contribution in [2.45, 2.75) is 23.1 Å². The van der Waals surface area contributed by atoms with Crippen LogP contribution < -0.4 is 4.90 Å². The zero-order valence-corrected chi connectivity index (χ0v) is 15.0. The van der Waals surface area contributed by atoms with Crippen molar-refractivity contribution in [2.24, 2.45) is 0 Å². The van der Waals surface area contributed by atoms with E-state index in [1.54, 1.807) is 23.9 Å². The highest BCUT2D eigenvalue weighted by Crippen LogP contribution is 2.45. The van der Waals surface area contributed by atoms with Gasteiger partial charge in [0.05, 0.1) is 12.2 Å². The number of thioether (sulfide) groups is 1. The van der Waals surface area contributed by atoms with Gasteiger partial charge in [0.15, 0.2) is 0 Å². The van der Waals surface area contributed by atoms with Crippen LogP contribution in [0.25, 0.3) is 0 Å². The van der Waals surface area contributed by atoms with Gasteiger partial charge in [-0.2, -0.15) is 0 Å². The van der Waals surface area contributed by atoms with Gasteiger partial charge in [0.1, 0.15) is 5.82 Å². The molecule has 0 aliphatic carbocycles. The van der Waals surface area contributed by atoms with E-state index in [0.29, 0.717) is 13.0 Å². The van der Waals surface area contributed by atoms with Gasteiger partial charge in [-0.05, 0) is 35.4 Å². The fraction of sp³-hybridized carbons (Fsp3) is 0.136. The number of hydrogen-bond donors (Lipinski definition) is 0. The maximum absolute atomic E-state index is 13.2. The first-order valence-electron chi connectivity index (χ1n) is 8.56. The molecule has 0 aromatic heterocycles. The quantitative estimate of drug-likeness (QED) is 0.604. The number of rotatable bonds is 3. The molecule has 1 atom stereocenters. The predicted molar refractivity (Wildman–Crippen MR) is 104 cm³/mol. The summed E-state index contributed by atoms with van der Waals surface area (Å²) in [5.74, 6) is -0.184. The molecule has 4 heteroatoms. The Bertz CT molecular complexity index is 911. The van der Waals surface area contributed by atoms with Crippen molar-refractivity contribution < 1.29 is 9.18 Å². The largest absolute Gasteiger partial charge is 0.307 e. The second-order valence-electron chi connectivity index (χ2n) is 6.30. The molecule has 1 heterocycles. The average Bonchev–Trinajstić information content (AvgIpc) is 2.81. The Hall–Kier alpha value is -2.59. The molecule has 4 rings (SSSR count). The van der Waals surface area contributed by atoms with Gasteiger partial charge < -0.3 is 4.90 Å². The molecule has 0 bridgehead atoms. The average molecular weight is 363 g/mol. The lowest BCUT2D eigenvalue weighted by atomic mass is 10.1. The van der Waals surface area contributed by atoms with E-state index in [1.807, 2.05) is 41.3 Å². The maximum Gasteiger partial charge on any atom is 0.228 e.